The van der Waals surface area contributed by atoms with Crippen LogP contribution in [0.5, 0.6) is 0 Å². The number of rotatable bonds is 5. The number of aliphatic hydroxyl groups excluding tert-OH is 1. The number of hydrogen-bond donors (Lipinski definition) is 1. The van der Waals surface area contributed by atoms with E-state index in [2.05, 4.69) is 0 Å². The number of ether oxygens (including phenoxy) is 1. The van der Waals surface area contributed by atoms with Gasteiger partial charge in [0.05, 0.1) is 23.1 Å². The van der Waals surface area contributed by atoms with Crippen molar-refractivity contribution in [1.82, 2.24) is 4.31 Å². The SMILES string of the molecule is CCOC(=O)c1ccc(C2Cc3ccccc3C(O)N2S(=O)(=O)c2ccccc2)cc1. The molecule has 0 bridgehead atoms. The van der Waals surface area contributed by atoms with E-state index in [-0.39, 0.29) is 11.5 Å². The van der Waals surface area contributed by atoms with E-state index >= 15 is 0 Å². The maximum atomic E-state index is 13.5. The third-order valence-electron chi connectivity index (χ3n) is 5.42. The Labute approximate surface area is 181 Å². The molecule has 2 unspecified atom stereocenters. The van der Waals surface area contributed by atoms with Crippen molar-refractivity contribution < 1.29 is 23.1 Å². The monoisotopic (exact) mass is 437 g/mol. The van der Waals surface area contributed by atoms with Gasteiger partial charge in [-0.3, -0.25) is 0 Å². The summed E-state index contributed by atoms with van der Waals surface area (Å²) >= 11 is 0. The molecule has 0 saturated heterocycles. The van der Waals surface area contributed by atoms with Crippen LogP contribution >= 0.6 is 0 Å². The lowest BCUT2D eigenvalue weighted by Gasteiger charge is -2.39. The lowest BCUT2D eigenvalue weighted by Crippen LogP contribution is -2.42. The fourth-order valence-corrected chi connectivity index (χ4v) is 5.56. The van der Waals surface area contributed by atoms with Crippen molar-refractivity contribution in [2.75, 3.05) is 6.61 Å². The van der Waals surface area contributed by atoms with Crippen molar-refractivity contribution in [2.24, 2.45) is 0 Å². The van der Waals surface area contributed by atoms with Crippen LogP contribution in [-0.4, -0.2) is 30.4 Å². The first-order valence-electron chi connectivity index (χ1n) is 10.0. The van der Waals surface area contributed by atoms with Gasteiger partial charge in [0.1, 0.15) is 6.23 Å². The number of hydrogen-bond acceptors (Lipinski definition) is 5. The minimum absolute atomic E-state index is 0.113. The zero-order valence-electron chi connectivity index (χ0n) is 17.0. The number of fused-ring (bicyclic) bond motifs is 1. The van der Waals surface area contributed by atoms with E-state index in [0.717, 1.165) is 9.87 Å². The molecule has 160 valence electrons. The third kappa shape index (κ3) is 3.99. The van der Waals surface area contributed by atoms with Gasteiger partial charge in [-0.05, 0) is 54.3 Å². The van der Waals surface area contributed by atoms with Crippen LogP contribution in [0.25, 0.3) is 0 Å². The van der Waals surface area contributed by atoms with Crippen molar-refractivity contribution in [2.45, 2.75) is 30.5 Å². The Hall–Kier alpha value is -3.00. The van der Waals surface area contributed by atoms with E-state index in [4.69, 9.17) is 4.74 Å². The van der Waals surface area contributed by atoms with Crippen molar-refractivity contribution in [3.05, 3.63) is 101 Å². The summed E-state index contributed by atoms with van der Waals surface area (Å²) in [5, 5.41) is 11.1. The quantitative estimate of drug-likeness (QED) is 0.613. The fraction of sp³-hybridized carbons (Fsp3) is 0.208. The molecule has 0 aliphatic carbocycles. The Balaban J connectivity index is 1.79. The molecule has 2 atom stereocenters. The van der Waals surface area contributed by atoms with E-state index in [1.165, 1.54) is 12.1 Å². The summed E-state index contributed by atoms with van der Waals surface area (Å²) in [6.45, 7) is 2.01. The maximum Gasteiger partial charge on any atom is 0.338 e. The Morgan fingerprint density at radius 3 is 2.32 bits per heavy atom. The van der Waals surface area contributed by atoms with Crippen molar-refractivity contribution >= 4 is 16.0 Å². The summed E-state index contributed by atoms with van der Waals surface area (Å²) in [7, 11) is -3.99. The number of aliphatic hydroxyl groups is 1. The summed E-state index contributed by atoms with van der Waals surface area (Å²) in [5.41, 5.74) is 2.52. The van der Waals surface area contributed by atoms with Crippen molar-refractivity contribution in [3.63, 3.8) is 0 Å². The maximum absolute atomic E-state index is 13.5. The number of esters is 1. The van der Waals surface area contributed by atoms with E-state index in [1.54, 1.807) is 61.5 Å². The molecular weight excluding hydrogens is 414 g/mol. The smallest absolute Gasteiger partial charge is 0.338 e. The van der Waals surface area contributed by atoms with E-state index in [1.807, 2.05) is 12.1 Å². The molecule has 1 heterocycles. The molecule has 7 heteroatoms. The van der Waals surface area contributed by atoms with Crippen LogP contribution in [0, 0.1) is 0 Å². The minimum Gasteiger partial charge on any atom is -0.462 e. The topological polar surface area (TPSA) is 83.9 Å². The molecule has 3 aromatic rings. The summed E-state index contributed by atoms with van der Waals surface area (Å²) in [5.74, 6) is -0.433. The molecule has 0 amide bonds. The summed E-state index contributed by atoms with van der Waals surface area (Å²) in [4.78, 5) is 12.1. The van der Waals surface area contributed by atoms with Gasteiger partial charge in [-0.25, -0.2) is 13.2 Å². The Bertz CT molecular complexity index is 1180. The lowest BCUT2D eigenvalue weighted by molar-refractivity contribution is 0.0252. The second-order valence-electron chi connectivity index (χ2n) is 7.28. The zero-order valence-corrected chi connectivity index (χ0v) is 17.8. The number of nitrogens with zero attached hydrogens (tertiary/aromatic N) is 1. The molecule has 0 fully saturated rings. The molecule has 6 nitrogen and oxygen atoms in total. The van der Waals surface area contributed by atoms with E-state index in [9.17, 15) is 18.3 Å². The van der Waals surface area contributed by atoms with Crippen molar-refractivity contribution in [1.29, 1.82) is 0 Å². The van der Waals surface area contributed by atoms with Crippen molar-refractivity contribution in [3.8, 4) is 0 Å². The van der Waals surface area contributed by atoms with Crippen LogP contribution in [0.4, 0.5) is 0 Å². The number of carbonyl (C=O) groups excluding carboxylic acids is 1. The third-order valence-corrected chi connectivity index (χ3v) is 7.30. The number of carbonyl (C=O) groups is 1. The van der Waals surface area contributed by atoms with Crippen LogP contribution in [0.15, 0.2) is 83.8 Å². The molecule has 0 saturated carbocycles. The normalized spacial score (nSPS) is 18.9. The van der Waals surface area contributed by atoms with Gasteiger partial charge >= 0.3 is 5.97 Å². The highest BCUT2D eigenvalue weighted by Gasteiger charge is 2.42. The molecule has 0 radical (unpaired) electrons. The standard InChI is InChI=1S/C24H23NO5S/c1-2-30-24(27)18-14-12-17(13-15-18)22-16-19-8-6-7-11-21(19)23(26)25(22)31(28,29)20-9-4-3-5-10-20/h3-15,22-23,26H,2,16H2,1H3. The van der Waals surface area contributed by atoms with Crippen LogP contribution < -0.4 is 0 Å². The molecule has 3 aromatic carbocycles. The summed E-state index contributed by atoms with van der Waals surface area (Å²) < 4.78 is 33.3. The van der Waals surface area contributed by atoms with Gasteiger partial charge in [-0.1, -0.05) is 54.6 Å². The van der Waals surface area contributed by atoms with Gasteiger partial charge in [-0.15, -0.1) is 0 Å². The first-order valence-corrected chi connectivity index (χ1v) is 11.5. The van der Waals surface area contributed by atoms with Gasteiger partial charge in [-0.2, -0.15) is 4.31 Å². The van der Waals surface area contributed by atoms with Gasteiger partial charge in [0, 0.05) is 0 Å². The number of sulfonamides is 1. The Morgan fingerprint density at radius 1 is 1.00 bits per heavy atom. The first kappa shape index (κ1) is 21.2. The largest absolute Gasteiger partial charge is 0.462 e. The van der Waals surface area contributed by atoms with Gasteiger partial charge in [0.2, 0.25) is 10.0 Å². The molecule has 0 aromatic heterocycles. The summed E-state index contributed by atoms with van der Waals surface area (Å²) in [6, 6.07) is 21.4. The zero-order chi connectivity index (χ0) is 22.0. The van der Waals surface area contributed by atoms with E-state index in [0.29, 0.717) is 23.1 Å². The average molecular weight is 438 g/mol. The lowest BCUT2D eigenvalue weighted by atomic mass is 9.90. The van der Waals surface area contributed by atoms with Crippen LogP contribution in [0.1, 0.15) is 46.2 Å². The second-order valence-corrected chi connectivity index (χ2v) is 9.13. The first-order chi connectivity index (χ1) is 14.9. The fourth-order valence-electron chi connectivity index (χ4n) is 3.91. The second kappa shape index (κ2) is 8.63. The van der Waals surface area contributed by atoms with Gasteiger partial charge in [0.25, 0.3) is 0 Å². The van der Waals surface area contributed by atoms with E-state index < -0.39 is 28.3 Å². The molecule has 1 N–H and O–H groups in total. The van der Waals surface area contributed by atoms with Gasteiger partial charge in [0.15, 0.2) is 0 Å². The Kier molecular flexibility index (Phi) is 5.91. The predicted molar refractivity (Wildman–Crippen MR) is 116 cm³/mol. The predicted octanol–water partition coefficient (Wildman–Crippen LogP) is 3.84. The van der Waals surface area contributed by atoms with Crippen LogP contribution in [0.2, 0.25) is 0 Å². The molecule has 0 spiro atoms. The van der Waals surface area contributed by atoms with Crippen LogP contribution in [-0.2, 0) is 21.2 Å². The molecule has 1 aliphatic rings. The van der Waals surface area contributed by atoms with Crippen LogP contribution in [0.3, 0.4) is 0 Å². The minimum atomic E-state index is -3.99. The molecule has 1 aliphatic heterocycles. The molecule has 31 heavy (non-hydrogen) atoms. The average Bonchev–Trinajstić information content (AvgIpc) is 2.79. The highest BCUT2D eigenvalue weighted by Crippen LogP contribution is 2.42. The highest BCUT2D eigenvalue weighted by atomic mass is 32.2. The number of benzene rings is 3. The Morgan fingerprint density at radius 2 is 1.65 bits per heavy atom. The molecular formula is C24H23NO5S. The summed E-state index contributed by atoms with van der Waals surface area (Å²) in [6.07, 6.45) is -0.928. The van der Waals surface area contributed by atoms with Gasteiger partial charge < -0.3 is 9.84 Å². The molecule has 4 rings (SSSR count). The highest BCUT2D eigenvalue weighted by molar-refractivity contribution is 7.89.